The number of nitrogens with zero attached hydrogens (tertiary/aromatic N) is 2. The molecule has 2 N–H and O–H groups in total. The summed E-state index contributed by atoms with van der Waals surface area (Å²) in [6, 6.07) is -0.140. The van der Waals surface area contributed by atoms with Crippen molar-refractivity contribution in [3.8, 4) is 5.88 Å². The molecule has 2 unspecified atom stereocenters. The minimum atomic E-state index is -0.140. The van der Waals surface area contributed by atoms with Gasteiger partial charge in [-0.2, -0.15) is 0 Å². The quantitative estimate of drug-likeness (QED) is 0.864. The summed E-state index contributed by atoms with van der Waals surface area (Å²) in [5.41, 5.74) is 6.88. The van der Waals surface area contributed by atoms with Gasteiger partial charge >= 0.3 is 0 Å². The van der Waals surface area contributed by atoms with Gasteiger partial charge in [0.05, 0.1) is 19.3 Å². The molecule has 0 amide bonds. The van der Waals surface area contributed by atoms with Crippen LogP contribution < -0.4 is 10.5 Å². The smallest absolute Gasteiger partial charge is 0.236 e. The lowest BCUT2D eigenvalue weighted by Crippen LogP contribution is -2.22. The fourth-order valence-corrected chi connectivity index (χ4v) is 2.28. The zero-order chi connectivity index (χ0) is 12.8. The summed E-state index contributed by atoms with van der Waals surface area (Å²) >= 11 is 0. The average molecular weight is 251 g/mol. The fourth-order valence-electron chi connectivity index (χ4n) is 2.28. The fraction of sp³-hybridized carbons (Fsp3) is 0.692. The van der Waals surface area contributed by atoms with Crippen molar-refractivity contribution in [2.45, 2.75) is 44.2 Å². The first kappa shape index (κ1) is 13.2. The van der Waals surface area contributed by atoms with Crippen molar-refractivity contribution in [3.63, 3.8) is 0 Å². The van der Waals surface area contributed by atoms with E-state index in [1.165, 1.54) is 12.8 Å². The molecule has 18 heavy (non-hydrogen) atoms. The molecule has 1 aliphatic rings. The van der Waals surface area contributed by atoms with E-state index in [4.69, 9.17) is 15.2 Å². The maximum Gasteiger partial charge on any atom is 0.236 e. The van der Waals surface area contributed by atoms with Gasteiger partial charge in [-0.1, -0.05) is 0 Å². The number of hydrogen-bond acceptors (Lipinski definition) is 5. The summed E-state index contributed by atoms with van der Waals surface area (Å²) in [5.74, 6) is 0.523. The zero-order valence-corrected chi connectivity index (χ0v) is 10.8. The molecule has 0 spiro atoms. The summed E-state index contributed by atoms with van der Waals surface area (Å²) in [5, 5.41) is 0. The van der Waals surface area contributed by atoms with Crippen LogP contribution >= 0.6 is 0 Å². The molecule has 5 heteroatoms. The van der Waals surface area contributed by atoms with Crippen LogP contribution in [0.2, 0.25) is 0 Å². The summed E-state index contributed by atoms with van der Waals surface area (Å²) in [7, 11) is 1.59. The van der Waals surface area contributed by atoms with E-state index in [0.717, 1.165) is 31.6 Å². The van der Waals surface area contributed by atoms with Crippen LogP contribution in [-0.2, 0) is 4.74 Å². The lowest BCUT2D eigenvalue weighted by atomic mass is 10.0. The number of methoxy groups -OCH3 is 1. The van der Waals surface area contributed by atoms with Crippen molar-refractivity contribution in [1.82, 2.24) is 9.97 Å². The lowest BCUT2D eigenvalue weighted by molar-refractivity contribution is 0.00903. The molecule has 5 nitrogen and oxygen atoms in total. The molecule has 0 saturated carbocycles. The predicted molar refractivity (Wildman–Crippen MR) is 68.3 cm³/mol. The number of rotatable bonds is 5. The zero-order valence-electron chi connectivity index (χ0n) is 10.8. The average Bonchev–Trinajstić information content (AvgIpc) is 2.45. The van der Waals surface area contributed by atoms with Crippen LogP contribution in [0.25, 0.3) is 0 Å². The predicted octanol–water partition coefficient (Wildman–Crippen LogP) is 1.83. The highest BCUT2D eigenvalue weighted by Gasteiger charge is 2.18. The highest BCUT2D eigenvalue weighted by molar-refractivity contribution is 5.20. The number of ether oxygens (including phenoxy) is 2. The first-order chi connectivity index (χ1) is 8.81. The Labute approximate surface area is 108 Å². The molecule has 0 radical (unpaired) electrons. The minimum absolute atomic E-state index is 0.140. The third kappa shape index (κ3) is 3.40. The van der Waals surface area contributed by atoms with Gasteiger partial charge in [-0.15, -0.1) is 0 Å². The van der Waals surface area contributed by atoms with E-state index < -0.39 is 0 Å². The number of aromatic nitrogens is 2. The molecule has 1 aromatic heterocycles. The molecule has 0 aromatic carbocycles. The van der Waals surface area contributed by atoms with Gasteiger partial charge in [0.15, 0.2) is 0 Å². The van der Waals surface area contributed by atoms with Gasteiger partial charge in [0.1, 0.15) is 5.69 Å². The third-order valence-corrected chi connectivity index (χ3v) is 3.31. The molecule has 1 fully saturated rings. The van der Waals surface area contributed by atoms with Crippen molar-refractivity contribution >= 4 is 0 Å². The van der Waals surface area contributed by atoms with Crippen LogP contribution in [-0.4, -0.2) is 29.8 Å². The van der Waals surface area contributed by atoms with Gasteiger partial charge < -0.3 is 15.2 Å². The van der Waals surface area contributed by atoms with Gasteiger partial charge in [-0.3, -0.25) is 4.98 Å². The largest absolute Gasteiger partial charge is 0.480 e. The molecule has 0 aliphatic carbocycles. The Kier molecular flexibility index (Phi) is 4.90. The summed E-state index contributed by atoms with van der Waals surface area (Å²) in [4.78, 5) is 8.38. The van der Waals surface area contributed by atoms with Crippen LogP contribution in [0.3, 0.4) is 0 Å². The Hall–Kier alpha value is -1.20. The normalized spacial score (nSPS) is 21.6. The molecule has 2 rings (SSSR count). The highest BCUT2D eigenvalue weighted by Crippen LogP contribution is 2.24. The second-order valence-corrected chi connectivity index (χ2v) is 4.62. The molecule has 1 aromatic rings. The topological polar surface area (TPSA) is 70.3 Å². The molecular weight excluding hydrogens is 230 g/mol. The van der Waals surface area contributed by atoms with Crippen molar-refractivity contribution in [3.05, 3.63) is 18.1 Å². The molecular formula is C13H21N3O2. The molecule has 1 aliphatic heterocycles. The van der Waals surface area contributed by atoms with Gasteiger partial charge in [-0.25, -0.2) is 4.98 Å². The van der Waals surface area contributed by atoms with E-state index >= 15 is 0 Å². The van der Waals surface area contributed by atoms with Gasteiger partial charge in [0.2, 0.25) is 5.88 Å². The summed E-state index contributed by atoms with van der Waals surface area (Å²) in [6.07, 6.45) is 9.01. The number of nitrogens with two attached hydrogens (primary N) is 1. The van der Waals surface area contributed by atoms with Crippen molar-refractivity contribution in [2.24, 2.45) is 5.73 Å². The maximum atomic E-state index is 6.15. The maximum absolute atomic E-state index is 6.15. The Balaban J connectivity index is 1.88. The Bertz CT molecular complexity index is 367. The van der Waals surface area contributed by atoms with Gasteiger partial charge in [0, 0.05) is 19.0 Å². The second-order valence-electron chi connectivity index (χ2n) is 4.62. The number of hydrogen-bond donors (Lipinski definition) is 1. The molecule has 100 valence electrons. The van der Waals surface area contributed by atoms with Crippen LogP contribution in [0.1, 0.15) is 43.8 Å². The standard InChI is InChI=1S/C13H21N3O2/c1-17-13-12(15-7-8-16-13)11(14)6-5-10-4-2-3-9-18-10/h7-8,10-11H,2-6,9,14H2,1H3. The highest BCUT2D eigenvalue weighted by atomic mass is 16.5. The van der Waals surface area contributed by atoms with Crippen molar-refractivity contribution in [1.29, 1.82) is 0 Å². The van der Waals surface area contributed by atoms with Crippen LogP contribution in [0, 0.1) is 0 Å². The van der Waals surface area contributed by atoms with Crippen molar-refractivity contribution < 1.29 is 9.47 Å². The van der Waals surface area contributed by atoms with Gasteiger partial charge in [0.25, 0.3) is 0 Å². The first-order valence-corrected chi connectivity index (χ1v) is 6.53. The summed E-state index contributed by atoms with van der Waals surface area (Å²) in [6.45, 7) is 0.883. The van der Waals surface area contributed by atoms with E-state index in [1.807, 2.05) is 0 Å². The molecule has 2 heterocycles. The second kappa shape index (κ2) is 6.66. The van der Waals surface area contributed by atoms with E-state index in [1.54, 1.807) is 19.5 Å². The molecule has 1 saturated heterocycles. The molecule has 2 atom stereocenters. The SMILES string of the molecule is COc1nccnc1C(N)CCC1CCCCO1. The third-order valence-electron chi connectivity index (χ3n) is 3.31. The van der Waals surface area contributed by atoms with E-state index in [2.05, 4.69) is 9.97 Å². The minimum Gasteiger partial charge on any atom is -0.480 e. The van der Waals surface area contributed by atoms with Gasteiger partial charge in [-0.05, 0) is 32.1 Å². The first-order valence-electron chi connectivity index (χ1n) is 6.53. The van der Waals surface area contributed by atoms with E-state index in [0.29, 0.717) is 12.0 Å². The van der Waals surface area contributed by atoms with E-state index in [9.17, 15) is 0 Å². The monoisotopic (exact) mass is 251 g/mol. The Morgan fingerprint density at radius 3 is 3.00 bits per heavy atom. The Morgan fingerprint density at radius 1 is 1.44 bits per heavy atom. The summed E-state index contributed by atoms with van der Waals surface area (Å²) < 4.78 is 10.9. The molecule has 0 bridgehead atoms. The Morgan fingerprint density at radius 2 is 2.28 bits per heavy atom. The van der Waals surface area contributed by atoms with Crippen molar-refractivity contribution in [2.75, 3.05) is 13.7 Å². The van der Waals surface area contributed by atoms with Crippen LogP contribution in [0.15, 0.2) is 12.4 Å². The lowest BCUT2D eigenvalue weighted by Gasteiger charge is -2.23. The van der Waals surface area contributed by atoms with E-state index in [-0.39, 0.29) is 6.04 Å². The van der Waals surface area contributed by atoms with Crippen LogP contribution in [0.5, 0.6) is 5.88 Å². The van der Waals surface area contributed by atoms with Crippen LogP contribution in [0.4, 0.5) is 0 Å².